The molecule has 0 spiro atoms. The molecule has 1 aliphatic heterocycles. The van der Waals surface area contributed by atoms with Crippen molar-refractivity contribution < 1.29 is 19.1 Å². The largest absolute Gasteiger partial charge is 0.465 e. The molecule has 2 aromatic rings. The average Bonchev–Trinajstić information content (AvgIpc) is 3.41. The molecule has 6 heteroatoms. The van der Waals surface area contributed by atoms with Crippen molar-refractivity contribution >= 4 is 28.9 Å². The Kier molecular flexibility index (Phi) is 10.3. The lowest BCUT2D eigenvalue weighted by atomic mass is 10.1. The van der Waals surface area contributed by atoms with E-state index in [0.717, 1.165) is 17.0 Å². The summed E-state index contributed by atoms with van der Waals surface area (Å²) < 4.78 is 9.47. The maximum Gasteiger partial charge on any atom is 0.348 e. The molecule has 2 heterocycles. The van der Waals surface area contributed by atoms with Gasteiger partial charge in [-0.05, 0) is 42.7 Å². The molecule has 162 valence electrons. The Morgan fingerprint density at radius 2 is 1.83 bits per heavy atom. The third-order valence-corrected chi connectivity index (χ3v) is 5.76. The molecule has 0 saturated carbocycles. The first-order valence-corrected chi connectivity index (χ1v) is 11.1. The molecule has 0 atom stereocenters. The van der Waals surface area contributed by atoms with Crippen LogP contribution in [0, 0.1) is 0 Å². The maximum absolute atomic E-state index is 11.5. The van der Waals surface area contributed by atoms with Crippen LogP contribution in [0.15, 0.2) is 48.6 Å². The first kappa shape index (κ1) is 23.8. The average molecular weight is 430 g/mol. The quantitative estimate of drug-likeness (QED) is 0.396. The third-order valence-electron chi connectivity index (χ3n) is 4.72. The summed E-state index contributed by atoms with van der Waals surface area (Å²) in [6, 6.07) is 12.0. The van der Waals surface area contributed by atoms with Crippen molar-refractivity contribution in [3.05, 3.63) is 63.9 Å². The molecule has 0 saturated heterocycles. The van der Waals surface area contributed by atoms with E-state index in [-0.39, 0.29) is 11.9 Å². The molecule has 0 aliphatic carbocycles. The van der Waals surface area contributed by atoms with Crippen LogP contribution >= 0.6 is 11.3 Å². The van der Waals surface area contributed by atoms with Crippen molar-refractivity contribution in [1.29, 1.82) is 0 Å². The number of hydrogen-bond donors (Lipinski definition) is 0. The second-order valence-corrected chi connectivity index (χ2v) is 8.19. The Bertz CT molecular complexity index is 826. The summed E-state index contributed by atoms with van der Waals surface area (Å²) in [4.78, 5) is 26.0. The van der Waals surface area contributed by atoms with E-state index in [1.54, 1.807) is 24.2 Å². The summed E-state index contributed by atoms with van der Waals surface area (Å²) in [5.74, 6) is -0.201. The van der Waals surface area contributed by atoms with Crippen molar-refractivity contribution in [2.24, 2.45) is 0 Å². The molecule has 0 bridgehead atoms. The van der Waals surface area contributed by atoms with Crippen molar-refractivity contribution in [3.8, 4) is 0 Å². The molecule has 1 amide bonds. The number of esters is 1. The van der Waals surface area contributed by atoms with Crippen LogP contribution in [-0.4, -0.2) is 32.6 Å². The van der Waals surface area contributed by atoms with Crippen LogP contribution < -0.4 is 4.90 Å². The number of thiophene rings is 1. The molecule has 0 unspecified atom stereocenters. The van der Waals surface area contributed by atoms with Gasteiger partial charge < -0.3 is 14.4 Å². The number of methoxy groups -OCH3 is 2. The van der Waals surface area contributed by atoms with Gasteiger partial charge in [0.25, 0.3) is 5.91 Å². The van der Waals surface area contributed by atoms with E-state index in [4.69, 9.17) is 4.74 Å². The standard InChI is InChI=1S/C16H21NO.C8H10O3S/c1-2-3-4-5-7-14-9-11-15(12-10-14)17-13-6-8-16(17)18;1-10-5-6-3-4-7(12-6)8(9)11-2/h6,8-12H,2-5,7,13H2,1H3;3-4H,5H2,1-2H3. The first-order chi connectivity index (χ1) is 14.6. The van der Waals surface area contributed by atoms with Crippen LogP contribution in [0.5, 0.6) is 0 Å². The highest BCUT2D eigenvalue weighted by Gasteiger charge is 2.16. The highest BCUT2D eigenvalue weighted by molar-refractivity contribution is 7.13. The number of carbonyl (C=O) groups excluding carboxylic acids is 2. The van der Waals surface area contributed by atoms with Crippen LogP contribution in [0.1, 0.15) is 52.7 Å². The summed E-state index contributed by atoms with van der Waals surface area (Å²) >= 11 is 1.39. The van der Waals surface area contributed by atoms with Gasteiger partial charge in [-0.1, -0.05) is 44.4 Å². The van der Waals surface area contributed by atoms with Gasteiger partial charge >= 0.3 is 5.97 Å². The zero-order chi connectivity index (χ0) is 21.8. The van der Waals surface area contributed by atoms with E-state index in [1.165, 1.54) is 49.7 Å². The molecule has 5 nitrogen and oxygen atoms in total. The maximum atomic E-state index is 11.5. The number of ether oxygens (including phenoxy) is 2. The Morgan fingerprint density at radius 1 is 1.07 bits per heavy atom. The van der Waals surface area contributed by atoms with E-state index in [1.807, 2.05) is 12.1 Å². The molecule has 1 aromatic carbocycles. The van der Waals surface area contributed by atoms with Gasteiger partial charge in [-0.3, -0.25) is 4.79 Å². The smallest absolute Gasteiger partial charge is 0.348 e. The second-order valence-electron chi connectivity index (χ2n) is 7.02. The molecule has 0 N–H and O–H groups in total. The van der Waals surface area contributed by atoms with E-state index >= 15 is 0 Å². The highest BCUT2D eigenvalue weighted by atomic mass is 32.1. The minimum absolute atomic E-state index is 0.0886. The lowest BCUT2D eigenvalue weighted by Crippen LogP contribution is -2.24. The number of nitrogens with zero attached hydrogens (tertiary/aromatic N) is 1. The third kappa shape index (κ3) is 7.43. The number of anilines is 1. The minimum atomic E-state index is -0.289. The van der Waals surface area contributed by atoms with Gasteiger partial charge in [0.2, 0.25) is 0 Å². The molecule has 3 rings (SSSR count). The summed E-state index contributed by atoms with van der Waals surface area (Å²) in [6.07, 6.45) is 9.87. The Balaban J connectivity index is 0.000000232. The molecule has 0 radical (unpaired) electrons. The molecular formula is C24H31NO4S. The number of rotatable bonds is 9. The molecular weight excluding hydrogens is 398 g/mol. The normalized spacial score (nSPS) is 12.6. The zero-order valence-electron chi connectivity index (χ0n) is 18.1. The molecule has 1 aliphatic rings. The van der Waals surface area contributed by atoms with Gasteiger partial charge in [-0.2, -0.15) is 0 Å². The lowest BCUT2D eigenvalue weighted by molar-refractivity contribution is -0.113. The van der Waals surface area contributed by atoms with E-state index in [0.29, 0.717) is 18.0 Å². The zero-order valence-corrected chi connectivity index (χ0v) is 18.9. The van der Waals surface area contributed by atoms with Crippen molar-refractivity contribution in [3.63, 3.8) is 0 Å². The number of amides is 1. The lowest BCUT2D eigenvalue weighted by Gasteiger charge is -2.15. The van der Waals surface area contributed by atoms with Gasteiger partial charge in [0.05, 0.1) is 13.7 Å². The fourth-order valence-electron chi connectivity index (χ4n) is 3.08. The summed E-state index contributed by atoms with van der Waals surface area (Å²) in [6.45, 7) is 3.48. The first-order valence-electron chi connectivity index (χ1n) is 10.3. The number of benzene rings is 1. The van der Waals surface area contributed by atoms with Gasteiger partial charge in [-0.15, -0.1) is 11.3 Å². The predicted octanol–water partition coefficient (Wildman–Crippen LogP) is 5.39. The van der Waals surface area contributed by atoms with E-state index < -0.39 is 0 Å². The van der Waals surface area contributed by atoms with Gasteiger partial charge in [0.1, 0.15) is 4.88 Å². The van der Waals surface area contributed by atoms with E-state index in [9.17, 15) is 9.59 Å². The topological polar surface area (TPSA) is 55.8 Å². The van der Waals surface area contributed by atoms with Gasteiger partial charge in [0, 0.05) is 30.3 Å². The Morgan fingerprint density at radius 3 is 2.43 bits per heavy atom. The van der Waals surface area contributed by atoms with Crippen LogP contribution in [-0.2, 0) is 27.3 Å². The molecule has 0 fully saturated rings. The minimum Gasteiger partial charge on any atom is -0.465 e. The fraction of sp³-hybridized carbons (Fsp3) is 0.417. The van der Waals surface area contributed by atoms with Crippen LogP contribution in [0.2, 0.25) is 0 Å². The SMILES string of the molecule is CCCCCCc1ccc(N2CC=CC2=O)cc1.COCc1ccc(C(=O)OC)s1. The number of carbonyl (C=O) groups is 2. The number of hydrogen-bond acceptors (Lipinski definition) is 5. The van der Waals surface area contributed by atoms with Crippen molar-refractivity contribution in [2.45, 2.75) is 45.6 Å². The molecule has 1 aromatic heterocycles. The second kappa shape index (κ2) is 13.0. The van der Waals surface area contributed by atoms with Crippen molar-refractivity contribution in [2.75, 3.05) is 25.7 Å². The number of unbranched alkanes of at least 4 members (excludes halogenated alkanes) is 3. The Hall–Kier alpha value is -2.44. The monoisotopic (exact) mass is 429 g/mol. The van der Waals surface area contributed by atoms with Crippen molar-refractivity contribution in [1.82, 2.24) is 0 Å². The fourth-order valence-corrected chi connectivity index (χ4v) is 3.98. The molecule has 30 heavy (non-hydrogen) atoms. The number of aryl methyl sites for hydroxylation is 1. The summed E-state index contributed by atoms with van der Waals surface area (Å²) in [7, 11) is 3.00. The predicted molar refractivity (Wildman–Crippen MR) is 122 cm³/mol. The van der Waals surface area contributed by atoms with Crippen LogP contribution in [0.25, 0.3) is 0 Å². The van der Waals surface area contributed by atoms with E-state index in [2.05, 4.69) is 35.9 Å². The highest BCUT2D eigenvalue weighted by Crippen LogP contribution is 2.20. The van der Waals surface area contributed by atoms with Gasteiger partial charge in [-0.25, -0.2) is 4.79 Å². The van der Waals surface area contributed by atoms with Crippen LogP contribution in [0.3, 0.4) is 0 Å². The van der Waals surface area contributed by atoms with Crippen LogP contribution in [0.4, 0.5) is 5.69 Å². The summed E-state index contributed by atoms with van der Waals surface area (Å²) in [5, 5.41) is 0. The summed E-state index contributed by atoms with van der Waals surface area (Å²) in [5.41, 5.74) is 2.37. The van der Waals surface area contributed by atoms with Gasteiger partial charge in [0.15, 0.2) is 0 Å². The Labute approximate surface area is 183 Å².